The molecule has 0 aliphatic heterocycles. The number of benzene rings is 2. The van der Waals surface area contributed by atoms with Crippen LogP contribution in [0, 0.1) is 0 Å². The number of para-hydroxylation sites is 2. The molecule has 1 aromatic heterocycles. The lowest BCUT2D eigenvalue weighted by atomic mass is 10.1. The Hall–Kier alpha value is -2.39. The van der Waals surface area contributed by atoms with Crippen LogP contribution in [0.15, 0.2) is 54.6 Å². The number of ether oxygens (including phenoxy) is 1. The van der Waals surface area contributed by atoms with Gasteiger partial charge in [-0.15, -0.1) is 0 Å². The Labute approximate surface area is 127 Å². The quantitative estimate of drug-likeness (QED) is 0.533. The zero-order valence-corrected chi connectivity index (χ0v) is 11.9. The SMILES string of the molecule is O=Cc1ccccc1OCc1cc2ccccc2nc1Cl. The van der Waals surface area contributed by atoms with Crippen molar-refractivity contribution in [1.82, 2.24) is 4.98 Å². The molecule has 0 aliphatic rings. The number of hydrogen-bond acceptors (Lipinski definition) is 3. The second kappa shape index (κ2) is 5.94. The molecule has 0 amide bonds. The van der Waals surface area contributed by atoms with Crippen LogP contribution in [0.5, 0.6) is 5.75 Å². The first kappa shape index (κ1) is 13.6. The maximum atomic E-state index is 11.0. The van der Waals surface area contributed by atoms with Gasteiger partial charge in [-0.1, -0.05) is 41.9 Å². The van der Waals surface area contributed by atoms with Gasteiger partial charge in [0.25, 0.3) is 0 Å². The molecule has 0 saturated heterocycles. The molecular formula is C17H12ClNO2. The maximum Gasteiger partial charge on any atom is 0.153 e. The second-order valence-corrected chi connectivity index (χ2v) is 4.93. The van der Waals surface area contributed by atoms with Crippen LogP contribution in [0.2, 0.25) is 5.15 Å². The van der Waals surface area contributed by atoms with Crippen molar-refractivity contribution in [3.8, 4) is 5.75 Å². The third-order valence-corrected chi connectivity index (χ3v) is 3.51. The Bertz CT molecular complexity index is 802. The van der Waals surface area contributed by atoms with Gasteiger partial charge in [0.2, 0.25) is 0 Å². The lowest BCUT2D eigenvalue weighted by Gasteiger charge is -2.10. The minimum atomic E-state index is 0.265. The van der Waals surface area contributed by atoms with Gasteiger partial charge in [0.15, 0.2) is 6.29 Å². The summed E-state index contributed by atoms with van der Waals surface area (Å²) in [5, 5.41) is 1.42. The standard InChI is InChI=1S/C17H12ClNO2/c18-17-14(9-12-5-1-3-7-15(12)19-17)11-21-16-8-4-2-6-13(16)10-20/h1-10H,11H2. The van der Waals surface area contributed by atoms with Crippen molar-refractivity contribution in [1.29, 1.82) is 0 Å². The Morgan fingerprint density at radius 3 is 2.71 bits per heavy atom. The summed E-state index contributed by atoms with van der Waals surface area (Å²) in [6.07, 6.45) is 0.773. The van der Waals surface area contributed by atoms with Crippen LogP contribution in [0.4, 0.5) is 0 Å². The molecular weight excluding hydrogens is 286 g/mol. The van der Waals surface area contributed by atoms with E-state index < -0.39 is 0 Å². The van der Waals surface area contributed by atoms with Crippen LogP contribution in [0.3, 0.4) is 0 Å². The first-order valence-electron chi connectivity index (χ1n) is 6.49. The molecule has 1 heterocycles. The minimum Gasteiger partial charge on any atom is -0.488 e. The van der Waals surface area contributed by atoms with E-state index in [0.717, 1.165) is 22.8 Å². The normalized spacial score (nSPS) is 10.5. The van der Waals surface area contributed by atoms with Crippen molar-refractivity contribution >= 4 is 28.8 Å². The number of carbonyl (C=O) groups excluding carboxylic acids is 1. The van der Waals surface area contributed by atoms with E-state index in [-0.39, 0.29) is 6.61 Å². The van der Waals surface area contributed by atoms with Crippen LogP contribution in [0.25, 0.3) is 10.9 Å². The molecule has 0 atom stereocenters. The van der Waals surface area contributed by atoms with Gasteiger partial charge in [0, 0.05) is 10.9 Å². The molecule has 3 aromatic rings. The Morgan fingerprint density at radius 1 is 1.10 bits per heavy atom. The average molecular weight is 298 g/mol. The lowest BCUT2D eigenvalue weighted by molar-refractivity contribution is 0.111. The number of hydrogen-bond donors (Lipinski definition) is 0. The van der Waals surface area contributed by atoms with Crippen molar-refractivity contribution in [2.45, 2.75) is 6.61 Å². The molecule has 0 bridgehead atoms. The smallest absolute Gasteiger partial charge is 0.153 e. The van der Waals surface area contributed by atoms with Crippen LogP contribution in [0.1, 0.15) is 15.9 Å². The summed E-state index contributed by atoms with van der Waals surface area (Å²) in [5.74, 6) is 0.539. The van der Waals surface area contributed by atoms with Crippen LogP contribution in [-0.4, -0.2) is 11.3 Å². The molecule has 2 aromatic carbocycles. The van der Waals surface area contributed by atoms with Gasteiger partial charge < -0.3 is 4.74 Å². The van der Waals surface area contributed by atoms with Gasteiger partial charge in [-0.3, -0.25) is 4.79 Å². The van der Waals surface area contributed by atoms with Crippen LogP contribution in [-0.2, 0) is 6.61 Å². The molecule has 0 aliphatic carbocycles. The van der Waals surface area contributed by atoms with Crippen LogP contribution < -0.4 is 4.74 Å². The van der Waals surface area contributed by atoms with E-state index in [1.165, 1.54) is 0 Å². The second-order valence-electron chi connectivity index (χ2n) is 4.58. The number of aromatic nitrogens is 1. The fraction of sp³-hybridized carbons (Fsp3) is 0.0588. The summed E-state index contributed by atoms with van der Waals surface area (Å²) in [6, 6.07) is 16.8. The third-order valence-electron chi connectivity index (χ3n) is 3.18. The summed E-state index contributed by atoms with van der Waals surface area (Å²) >= 11 is 6.18. The van der Waals surface area contributed by atoms with Gasteiger partial charge >= 0.3 is 0 Å². The molecule has 0 unspecified atom stereocenters. The number of fused-ring (bicyclic) bond motifs is 1. The molecule has 4 heteroatoms. The van der Waals surface area contributed by atoms with Crippen LogP contribution >= 0.6 is 11.6 Å². The fourth-order valence-electron chi connectivity index (χ4n) is 2.10. The van der Waals surface area contributed by atoms with E-state index in [1.807, 2.05) is 36.4 Å². The molecule has 104 valence electrons. The highest BCUT2D eigenvalue weighted by molar-refractivity contribution is 6.30. The first-order valence-corrected chi connectivity index (χ1v) is 6.87. The van der Waals surface area contributed by atoms with Gasteiger partial charge in [-0.05, 0) is 24.3 Å². The maximum absolute atomic E-state index is 11.0. The van der Waals surface area contributed by atoms with Gasteiger partial charge in [-0.2, -0.15) is 0 Å². The number of rotatable bonds is 4. The molecule has 0 saturated carbocycles. The fourth-order valence-corrected chi connectivity index (χ4v) is 2.30. The van der Waals surface area contributed by atoms with Crippen molar-refractivity contribution in [2.24, 2.45) is 0 Å². The largest absolute Gasteiger partial charge is 0.488 e. The third kappa shape index (κ3) is 2.88. The van der Waals surface area contributed by atoms with Crippen molar-refractivity contribution < 1.29 is 9.53 Å². The molecule has 0 spiro atoms. The zero-order chi connectivity index (χ0) is 14.7. The molecule has 3 rings (SSSR count). The highest BCUT2D eigenvalue weighted by Crippen LogP contribution is 2.23. The van der Waals surface area contributed by atoms with E-state index in [4.69, 9.17) is 16.3 Å². The zero-order valence-electron chi connectivity index (χ0n) is 11.1. The number of pyridine rings is 1. The van der Waals surface area contributed by atoms with E-state index in [9.17, 15) is 4.79 Å². The van der Waals surface area contributed by atoms with Gasteiger partial charge in [0.1, 0.15) is 17.5 Å². The van der Waals surface area contributed by atoms with E-state index >= 15 is 0 Å². The van der Waals surface area contributed by atoms with E-state index in [1.54, 1.807) is 18.2 Å². The van der Waals surface area contributed by atoms with Gasteiger partial charge in [0.05, 0.1) is 11.1 Å². The van der Waals surface area contributed by atoms with Crippen molar-refractivity contribution in [2.75, 3.05) is 0 Å². The predicted octanol–water partition coefficient (Wildman–Crippen LogP) is 4.28. The lowest BCUT2D eigenvalue weighted by Crippen LogP contribution is -2.00. The predicted molar refractivity (Wildman–Crippen MR) is 82.9 cm³/mol. The number of carbonyl (C=O) groups is 1. The minimum absolute atomic E-state index is 0.265. The number of nitrogens with zero attached hydrogens (tertiary/aromatic N) is 1. The highest BCUT2D eigenvalue weighted by atomic mass is 35.5. The summed E-state index contributed by atoms with van der Waals surface area (Å²) in [5.41, 5.74) is 2.15. The molecule has 3 nitrogen and oxygen atoms in total. The molecule has 0 N–H and O–H groups in total. The van der Waals surface area contributed by atoms with Crippen molar-refractivity contribution in [3.63, 3.8) is 0 Å². The van der Waals surface area contributed by atoms with Gasteiger partial charge in [-0.25, -0.2) is 4.98 Å². The molecule has 0 radical (unpaired) electrons. The summed E-state index contributed by atoms with van der Waals surface area (Å²) in [6.45, 7) is 0.265. The number of halogens is 1. The first-order chi connectivity index (χ1) is 10.3. The Morgan fingerprint density at radius 2 is 1.86 bits per heavy atom. The average Bonchev–Trinajstić information content (AvgIpc) is 2.53. The van der Waals surface area contributed by atoms with E-state index in [0.29, 0.717) is 16.5 Å². The summed E-state index contributed by atoms with van der Waals surface area (Å²) in [7, 11) is 0. The Kier molecular flexibility index (Phi) is 3.84. The molecule has 0 fully saturated rings. The number of aldehydes is 1. The Balaban J connectivity index is 1.88. The summed E-state index contributed by atoms with van der Waals surface area (Å²) in [4.78, 5) is 15.3. The topological polar surface area (TPSA) is 39.2 Å². The molecule has 21 heavy (non-hydrogen) atoms. The summed E-state index contributed by atoms with van der Waals surface area (Å²) < 4.78 is 5.69. The van der Waals surface area contributed by atoms with E-state index in [2.05, 4.69) is 4.98 Å². The van der Waals surface area contributed by atoms with Crippen molar-refractivity contribution in [3.05, 3.63) is 70.9 Å². The highest BCUT2D eigenvalue weighted by Gasteiger charge is 2.07. The monoisotopic (exact) mass is 297 g/mol.